The van der Waals surface area contributed by atoms with Gasteiger partial charge >= 0.3 is 0 Å². The predicted molar refractivity (Wildman–Crippen MR) is 86.2 cm³/mol. The van der Waals surface area contributed by atoms with E-state index >= 15 is 0 Å². The zero-order chi connectivity index (χ0) is 16.9. The van der Waals surface area contributed by atoms with Crippen molar-refractivity contribution in [2.75, 3.05) is 0 Å². The molecule has 0 amide bonds. The van der Waals surface area contributed by atoms with Gasteiger partial charge in [0, 0.05) is 6.07 Å². The van der Waals surface area contributed by atoms with Crippen LogP contribution >= 0.6 is 0 Å². The van der Waals surface area contributed by atoms with Crippen LogP contribution in [0.3, 0.4) is 0 Å². The summed E-state index contributed by atoms with van der Waals surface area (Å²) in [4.78, 5) is 12.1. The van der Waals surface area contributed by atoms with Crippen LogP contribution in [0.1, 0.15) is 23.0 Å². The monoisotopic (exact) mass is 326 g/mol. The number of halogens is 1. The summed E-state index contributed by atoms with van der Waals surface area (Å²) >= 11 is 0. The molecular formula is C19H15FO4. The van der Waals surface area contributed by atoms with Gasteiger partial charge in [-0.05, 0) is 23.3 Å². The maximum Gasteiger partial charge on any atom is 0.227 e. The Morgan fingerprint density at radius 1 is 1.08 bits per heavy atom. The third kappa shape index (κ3) is 3.52. The summed E-state index contributed by atoms with van der Waals surface area (Å²) in [5.74, 6) is -0.626. The van der Waals surface area contributed by atoms with E-state index in [1.54, 1.807) is 6.07 Å². The van der Waals surface area contributed by atoms with Crippen LogP contribution in [0.15, 0.2) is 76.1 Å². The zero-order valence-electron chi connectivity index (χ0n) is 12.7. The zero-order valence-corrected chi connectivity index (χ0v) is 12.7. The van der Waals surface area contributed by atoms with Crippen LogP contribution in [0.4, 0.5) is 4.39 Å². The van der Waals surface area contributed by atoms with Gasteiger partial charge in [-0.15, -0.1) is 0 Å². The topological polar surface area (TPSA) is 59.7 Å². The lowest BCUT2D eigenvalue weighted by Gasteiger charge is -2.14. The number of hydrogen-bond donors (Lipinski definition) is 1. The number of ether oxygens (including phenoxy) is 1. The molecule has 3 aromatic rings. The molecule has 0 saturated carbocycles. The molecule has 2 aromatic carbocycles. The van der Waals surface area contributed by atoms with E-state index in [0.29, 0.717) is 0 Å². The highest BCUT2D eigenvalue weighted by atomic mass is 19.1. The van der Waals surface area contributed by atoms with Gasteiger partial charge in [0.2, 0.25) is 11.2 Å². The summed E-state index contributed by atoms with van der Waals surface area (Å²) in [6.07, 6.45) is -0.129. The SMILES string of the molecule is O=c1ccoc(C(O)c2cccc(F)c2)c1OCc1ccccc1. The maximum atomic E-state index is 13.4. The highest BCUT2D eigenvalue weighted by Gasteiger charge is 2.21. The van der Waals surface area contributed by atoms with E-state index in [4.69, 9.17) is 9.15 Å². The molecule has 0 aliphatic carbocycles. The Bertz CT molecular complexity index is 874. The van der Waals surface area contributed by atoms with Crippen LogP contribution in [-0.2, 0) is 6.61 Å². The summed E-state index contributed by atoms with van der Waals surface area (Å²) in [6, 6.07) is 16.0. The fourth-order valence-electron chi connectivity index (χ4n) is 2.31. The average Bonchev–Trinajstić information content (AvgIpc) is 2.61. The number of aliphatic hydroxyl groups excluding tert-OH is 1. The van der Waals surface area contributed by atoms with Gasteiger partial charge in [0.15, 0.2) is 5.76 Å². The van der Waals surface area contributed by atoms with E-state index < -0.39 is 17.3 Å². The predicted octanol–water partition coefficient (Wildman–Crippen LogP) is 3.44. The Kier molecular flexibility index (Phi) is 4.72. The first-order chi connectivity index (χ1) is 11.6. The smallest absolute Gasteiger partial charge is 0.227 e. The second-order valence-corrected chi connectivity index (χ2v) is 5.21. The minimum Gasteiger partial charge on any atom is -0.482 e. The van der Waals surface area contributed by atoms with Gasteiger partial charge in [-0.25, -0.2) is 4.39 Å². The van der Waals surface area contributed by atoms with Gasteiger partial charge < -0.3 is 14.3 Å². The second kappa shape index (κ2) is 7.10. The molecule has 1 N–H and O–H groups in total. The number of aliphatic hydroxyl groups is 1. The van der Waals surface area contributed by atoms with Gasteiger partial charge in [0.25, 0.3) is 0 Å². The lowest BCUT2D eigenvalue weighted by molar-refractivity contribution is 0.171. The lowest BCUT2D eigenvalue weighted by Crippen LogP contribution is -2.13. The molecule has 24 heavy (non-hydrogen) atoms. The fourth-order valence-corrected chi connectivity index (χ4v) is 2.31. The van der Waals surface area contributed by atoms with E-state index in [0.717, 1.165) is 5.56 Å². The number of rotatable bonds is 5. The molecule has 1 atom stereocenters. The van der Waals surface area contributed by atoms with E-state index in [2.05, 4.69) is 0 Å². The molecule has 0 fully saturated rings. The Morgan fingerprint density at radius 2 is 1.88 bits per heavy atom. The summed E-state index contributed by atoms with van der Waals surface area (Å²) in [5, 5.41) is 10.4. The Balaban J connectivity index is 1.91. The Hall–Kier alpha value is -2.92. The summed E-state index contributed by atoms with van der Waals surface area (Å²) < 4.78 is 24.2. The van der Waals surface area contributed by atoms with Crippen LogP contribution in [0.2, 0.25) is 0 Å². The van der Waals surface area contributed by atoms with Crippen molar-refractivity contribution in [1.82, 2.24) is 0 Å². The van der Waals surface area contributed by atoms with Crippen LogP contribution in [-0.4, -0.2) is 5.11 Å². The molecule has 0 radical (unpaired) electrons. The van der Waals surface area contributed by atoms with Crippen molar-refractivity contribution in [3.63, 3.8) is 0 Å². The molecule has 1 heterocycles. The molecule has 1 unspecified atom stereocenters. The molecule has 1 aromatic heterocycles. The minimum atomic E-state index is -1.31. The molecule has 0 saturated heterocycles. The highest BCUT2D eigenvalue weighted by molar-refractivity contribution is 5.34. The lowest BCUT2D eigenvalue weighted by atomic mass is 10.1. The van der Waals surface area contributed by atoms with Crippen molar-refractivity contribution >= 4 is 0 Å². The van der Waals surface area contributed by atoms with Gasteiger partial charge in [-0.3, -0.25) is 4.79 Å². The van der Waals surface area contributed by atoms with Crippen LogP contribution in [0.25, 0.3) is 0 Å². The first kappa shape index (κ1) is 16.0. The standard InChI is InChI=1S/C19H15FO4/c20-15-8-4-7-14(11-15)17(22)19-18(16(21)9-10-23-19)24-12-13-5-2-1-3-6-13/h1-11,17,22H,12H2. The largest absolute Gasteiger partial charge is 0.482 e. The van der Waals surface area contributed by atoms with Gasteiger partial charge in [0.05, 0.1) is 6.26 Å². The second-order valence-electron chi connectivity index (χ2n) is 5.21. The third-order valence-electron chi connectivity index (χ3n) is 3.50. The molecule has 4 nitrogen and oxygen atoms in total. The van der Waals surface area contributed by atoms with E-state index in [-0.39, 0.29) is 23.7 Å². The first-order valence-corrected chi connectivity index (χ1v) is 7.37. The van der Waals surface area contributed by atoms with Crippen molar-refractivity contribution in [3.8, 4) is 5.75 Å². The molecular weight excluding hydrogens is 311 g/mol. The molecule has 3 rings (SSSR count). The molecule has 0 spiro atoms. The molecule has 0 aliphatic heterocycles. The third-order valence-corrected chi connectivity index (χ3v) is 3.50. The summed E-state index contributed by atoms with van der Waals surface area (Å²) in [5.41, 5.74) is 0.725. The summed E-state index contributed by atoms with van der Waals surface area (Å²) in [7, 11) is 0. The molecule has 0 aliphatic rings. The van der Waals surface area contributed by atoms with Crippen molar-refractivity contribution < 1.29 is 18.7 Å². The molecule has 5 heteroatoms. The molecule has 0 bridgehead atoms. The van der Waals surface area contributed by atoms with Gasteiger partial charge in [-0.1, -0.05) is 42.5 Å². The van der Waals surface area contributed by atoms with E-state index in [9.17, 15) is 14.3 Å². The summed E-state index contributed by atoms with van der Waals surface area (Å²) in [6.45, 7) is 0.151. The quantitative estimate of drug-likeness (QED) is 0.780. The Morgan fingerprint density at radius 3 is 2.62 bits per heavy atom. The minimum absolute atomic E-state index is 0.0518. The van der Waals surface area contributed by atoms with Crippen molar-refractivity contribution in [3.05, 3.63) is 99.9 Å². The number of hydrogen-bond acceptors (Lipinski definition) is 4. The van der Waals surface area contributed by atoms with Crippen molar-refractivity contribution in [2.24, 2.45) is 0 Å². The fraction of sp³-hybridized carbons (Fsp3) is 0.105. The average molecular weight is 326 g/mol. The maximum absolute atomic E-state index is 13.4. The van der Waals surface area contributed by atoms with Crippen molar-refractivity contribution in [2.45, 2.75) is 12.7 Å². The van der Waals surface area contributed by atoms with Crippen LogP contribution < -0.4 is 10.2 Å². The van der Waals surface area contributed by atoms with E-state index in [1.165, 1.54) is 30.5 Å². The number of benzene rings is 2. The highest BCUT2D eigenvalue weighted by Crippen LogP contribution is 2.28. The van der Waals surface area contributed by atoms with Crippen LogP contribution in [0, 0.1) is 5.82 Å². The van der Waals surface area contributed by atoms with E-state index in [1.807, 2.05) is 30.3 Å². The molecule has 122 valence electrons. The van der Waals surface area contributed by atoms with Gasteiger partial charge in [0.1, 0.15) is 18.5 Å². The van der Waals surface area contributed by atoms with Crippen molar-refractivity contribution in [1.29, 1.82) is 0 Å². The first-order valence-electron chi connectivity index (χ1n) is 7.37. The Labute approximate surface area is 137 Å². The van der Waals surface area contributed by atoms with Gasteiger partial charge in [-0.2, -0.15) is 0 Å². The van der Waals surface area contributed by atoms with Crippen LogP contribution in [0.5, 0.6) is 5.75 Å². The normalized spacial score (nSPS) is 11.9.